The largest absolute Gasteiger partial charge is 0.493 e. The fraction of sp³-hybridized carbons (Fsp3) is 0.263. The molecule has 3 N–H and O–H groups in total. The Balaban J connectivity index is 2.27. The zero-order chi connectivity index (χ0) is 23.8. The smallest absolute Gasteiger partial charge is 0.417 e. The molecule has 1 heterocycles. The third-order valence-electron chi connectivity index (χ3n) is 4.78. The van der Waals surface area contributed by atoms with E-state index in [2.05, 4.69) is 10.2 Å². The number of nitrogens with two attached hydrogens (primary N) is 1. The van der Waals surface area contributed by atoms with Gasteiger partial charge in [0.1, 0.15) is 0 Å². The molecule has 0 saturated heterocycles. The average molecular weight is 472 g/mol. The van der Waals surface area contributed by atoms with E-state index in [9.17, 15) is 26.4 Å². The van der Waals surface area contributed by atoms with Crippen LogP contribution in [0.15, 0.2) is 35.1 Å². The number of aromatic nitrogens is 2. The van der Waals surface area contributed by atoms with E-state index in [1.807, 2.05) is 0 Å². The molecule has 9 nitrogen and oxygen atoms in total. The van der Waals surface area contributed by atoms with E-state index in [0.29, 0.717) is 4.31 Å². The maximum atomic E-state index is 13.9. The summed E-state index contributed by atoms with van der Waals surface area (Å²) >= 11 is 0. The molecule has 0 radical (unpaired) electrons. The Morgan fingerprint density at radius 2 is 1.69 bits per heavy atom. The van der Waals surface area contributed by atoms with Crippen LogP contribution < -0.4 is 20.2 Å². The predicted octanol–water partition coefficient (Wildman–Crippen LogP) is 2.26. The van der Waals surface area contributed by atoms with Gasteiger partial charge in [0.2, 0.25) is 0 Å². The SMILES string of the molecule is COc1cc2c(-c3ccc(CN(C)S(N)(=O)=O)cc3C(F)(F)F)n[nH]c(=O)c2cc1OC. The first-order valence-corrected chi connectivity index (χ1v) is 10.5. The van der Waals surface area contributed by atoms with Gasteiger partial charge in [0.15, 0.2) is 11.5 Å². The average Bonchev–Trinajstić information content (AvgIpc) is 2.72. The fourth-order valence-electron chi connectivity index (χ4n) is 3.17. The van der Waals surface area contributed by atoms with Gasteiger partial charge in [-0.2, -0.15) is 31.0 Å². The van der Waals surface area contributed by atoms with Crippen molar-refractivity contribution in [2.45, 2.75) is 12.7 Å². The Bertz CT molecular complexity index is 1340. The minimum absolute atomic E-state index is 0.0545. The molecular weight excluding hydrogens is 453 g/mol. The molecule has 1 aromatic heterocycles. The third-order valence-corrected chi connectivity index (χ3v) is 5.77. The lowest BCUT2D eigenvalue weighted by atomic mass is 9.97. The molecule has 0 spiro atoms. The number of rotatable bonds is 6. The van der Waals surface area contributed by atoms with Gasteiger partial charge in [-0.1, -0.05) is 12.1 Å². The van der Waals surface area contributed by atoms with Crippen LogP contribution in [0.1, 0.15) is 11.1 Å². The van der Waals surface area contributed by atoms with Gasteiger partial charge >= 0.3 is 6.18 Å². The van der Waals surface area contributed by atoms with Crippen LogP contribution in [0.3, 0.4) is 0 Å². The number of alkyl halides is 3. The number of hydrogen-bond donors (Lipinski definition) is 2. The predicted molar refractivity (Wildman–Crippen MR) is 110 cm³/mol. The maximum absolute atomic E-state index is 13.9. The number of nitrogens with one attached hydrogen (secondary N) is 1. The molecule has 172 valence electrons. The van der Waals surface area contributed by atoms with Crippen molar-refractivity contribution in [3.63, 3.8) is 0 Å². The van der Waals surface area contributed by atoms with Crippen molar-refractivity contribution in [2.75, 3.05) is 21.3 Å². The van der Waals surface area contributed by atoms with E-state index in [-0.39, 0.29) is 45.6 Å². The Morgan fingerprint density at radius 1 is 1.09 bits per heavy atom. The van der Waals surface area contributed by atoms with E-state index < -0.39 is 27.5 Å². The molecule has 3 rings (SSSR count). The van der Waals surface area contributed by atoms with Crippen molar-refractivity contribution in [3.8, 4) is 22.8 Å². The first kappa shape index (κ1) is 23.5. The summed E-state index contributed by atoms with van der Waals surface area (Å²) in [7, 11) is -0.230. The van der Waals surface area contributed by atoms with Gasteiger partial charge in [-0.15, -0.1) is 0 Å². The van der Waals surface area contributed by atoms with Crippen LogP contribution in [0.5, 0.6) is 11.5 Å². The number of nitrogens with zero attached hydrogens (tertiary/aromatic N) is 2. The Hall–Kier alpha value is -3.16. The highest BCUT2D eigenvalue weighted by atomic mass is 32.2. The van der Waals surface area contributed by atoms with Gasteiger partial charge in [0.05, 0.1) is 30.9 Å². The summed E-state index contributed by atoms with van der Waals surface area (Å²) in [5.74, 6) is 0.425. The minimum atomic E-state index is -4.80. The van der Waals surface area contributed by atoms with E-state index in [0.717, 1.165) is 19.2 Å². The van der Waals surface area contributed by atoms with E-state index >= 15 is 0 Å². The van der Waals surface area contributed by atoms with Gasteiger partial charge in [-0.3, -0.25) is 4.79 Å². The van der Waals surface area contributed by atoms with Crippen LogP contribution in [0.4, 0.5) is 13.2 Å². The number of H-pyrrole nitrogens is 1. The second-order valence-corrected chi connectivity index (χ2v) is 8.49. The van der Waals surface area contributed by atoms with Crippen LogP contribution in [0.2, 0.25) is 0 Å². The van der Waals surface area contributed by atoms with Crippen molar-refractivity contribution in [1.82, 2.24) is 14.5 Å². The lowest BCUT2D eigenvalue weighted by Gasteiger charge is -2.18. The standard InChI is InChI=1S/C19H19F3N4O5S/c1-26(32(23,28)29)9-10-4-5-11(14(6-10)19(20,21)22)17-12-7-15(30-2)16(31-3)8-13(12)18(27)25-24-17/h4-8H,9H2,1-3H3,(H,25,27)(H2,23,28,29). The topological polar surface area (TPSA) is 128 Å². The van der Waals surface area contributed by atoms with Gasteiger partial charge in [-0.25, -0.2) is 10.2 Å². The van der Waals surface area contributed by atoms with E-state index in [1.54, 1.807) is 0 Å². The molecule has 13 heteroatoms. The molecule has 0 fully saturated rings. The highest BCUT2D eigenvalue weighted by molar-refractivity contribution is 7.86. The molecule has 0 aliphatic rings. The van der Waals surface area contributed by atoms with E-state index in [1.165, 1.54) is 32.4 Å². The Kier molecular flexibility index (Phi) is 6.18. The normalized spacial score (nSPS) is 12.4. The first-order valence-electron chi connectivity index (χ1n) is 8.95. The third kappa shape index (κ3) is 4.54. The van der Waals surface area contributed by atoms with Crippen LogP contribution in [0, 0.1) is 0 Å². The number of ether oxygens (including phenoxy) is 2. The molecule has 0 unspecified atom stereocenters. The quantitative estimate of drug-likeness (QED) is 0.567. The summed E-state index contributed by atoms with van der Waals surface area (Å²) < 4.78 is 75.7. The molecule has 0 aliphatic heterocycles. The molecular formula is C19H19F3N4O5S. The number of hydrogen-bond acceptors (Lipinski definition) is 6. The van der Waals surface area contributed by atoms with Crippen molar-refractivity contribution in [3.05, 3.63) is 51.8 Å². The van der Waals surface area contributed by atoms with Crippen LogP contribution in [-0.2, 0) is 22.9 Å². The highest BCUT2D eigenvalue weighted by Gasteiger charge is 2.35. The van der Waals surface area contributed by atoms with Gasteiger partial charge in [-0.05, 0) is 23.8 Å². The van der Waals surface area contributed by atoms with Crippen LogP contribution >= 0.6 is 0 Å². The maximum Gasteiger partial charge on any atom is 0.417 e. The highest BCUT2D eigenvalue weighted by Crippen LogP contribution is 2.40. The van der Waals surface area contributed by atoms with Crippen LogP contribution in [0.25, 0.3) is 22.0 Å². The summed E-state index contributed by atoms with van der Waals surface area (Å²) in [6, 6.07) is 6.02. The molecule has 0 amide bonds. The summed E-state index contributed by atoms with van der Waals surface area (Å²) in [5.41, 5.74) is -2.07. The minimum Gasteiger partial charge on any atom is -0.493 e. The summed E-state index contributed by atoms with van der Waals surface area (Å²) in [6.07, 6.45) is -4.80. The lowest BCUT2D eigenvalue weighted by Crippen LogP contribution is -2.32. The molecule has 0 bridgehead atoms. The van der Waals surface area contributed by atoms with Crippen molar-refractivity contribution in [1.29, 1.82) is 0 Å². The second kappa shape index (κ2) is 8.41. The molecule has 3 aromatic rings. The number of halogens is 3. The molecule has 32 heavy (non-hydrogen) atoms. The van der Waals surface area contributed by atoms with Gasteiger partial charge in [0, 0.05) is 24.5 Å². The number of aromatic amines is 1. The Morgan fingerprint density at radius 3 is 2.22 bits per heavy atom. The van der Waals surface area contributed by atoms with E-state index in [4.69, 9.17) is 14.6 Å². The summed E-state index contributed by atoms with van der Waals surface area (Å²) in [4.78, 5) is 12.3. The fourth-order valence-corrected chi connectivity index (χ4v) is 3.50. The molecule has 0 aliphatic carbocycles. The van der Waals surface area contributed by atoms with Gasteiger partial charge < -0.3 is 9.47 Å². The monoisotopic (exact) mass is 472 g/mol. The Labute approximate surface area is 180 Å². The first-order chi connectivity index (χ1) is 14.9. The molecule has 0 saturated carbocycles. The summed E-state index contributed by atoms with van der Waals surface area (Å²) in [6.45, 7) is -0.368. The van der Waals surface area contributed by atoms with Crippen molar-refractivity contribution >= 4 is 21.0 Å². The number of benzene rings is 2. The van der Waals surface area contributed by atoms with Gasteiger partial charge in [0.25, 0.3) is 15.8 Å². The molecule has 2 aromatic carbocycles. The molecule has 0 atom stereocenters. The lowest BCUT2D eigenvalue weighted by molar-refractivity contribution is -0.137. The zero-order valence-electron chi connectivity index (χ0n) is 17.1. The second-order valence-electron chi connectivity index (χ2n) is 6.83. The number of methoxy groups -OCH3 is 2. The summed E-state index contributed by atoms with van der Waals surface area (Å²) in [5, 5.41) is 11.2. The zero-order valence-corrected chi connectivity index (χ0v) is 18.0. The number of fused-ring (bicyclic) bond motifs is 1. The van der Waals surface area contributed by atoms with Crippen LogP contribution in [-0.4, -0.2) is 44.2 Å². The van der Waals surface area contributed by atoms with Crippen molar-refractivity contribution in [2.24, 2.45) is 5.14 Å². The van der Waals surface area contributed by atoms with Crippen molar-refractivity contribution < 1.29 is 31.1 Å².